The molecule has 0 amide bonds. The van der Waals surface area contributed by atoms with E-state index in [9.17, 15) is 10.1 Å². The van der Waals surface area contributed by atoms with Gasteiger partial charge in [0.2, 0.25) is 5.82 Å². The molecule has 2 unspecified atom stereocenters. The highest BCUT2D eigenvalue weighted by Gasteiger charge is 2.29. The first-order valence-corrected chi connectivity index (χ1v) is 7.49. The summed E-state index contributed by atoms with van der Waals surface area (Å²) in [4.78, 5) is 11.0. The number of hydrogen-bond donors (Lipinski definition) is 1. The van der Waals surface area contributed by atoms with Crippen molar-refractivity contribution in [2.75, 3.05) is 5.32 Å². The zero-order valence-corrected chi connectivity index (χ0v) is 12.6. The van der Waals surface area contributed by atoms with Crippen LogP contribution in [0.4, 0.5) is 11.5 Å². The van der Waals surface area contributed by atoms with E-state index < -0.39 is 0 Å². The quantitative estimate of drug-likeness (QED) is 0.663. The smallest absolute Gasteiger partial charge is 0.333 e. The summed E-state index contributed by atoms with van der Waals surface area (Å²) < 4.78 is 1.63. The summed E-state index contributed by atoms with van der Waals surface area (Å²) in [5.41, 5.74) is 0.749. The fourth-order valence-electron chi connectivity index (χ4n) is 3.09. The third-order valence-electron chi connectivity index (χ3n) is 4.04. The van der Waals surface area contributed by atoms with Gasteiger partial charge in [-0.05, 0) is 25.2 Å². The van der Waals surface area contributed by atoms with Crippen molar-refractivity contribution in [2.45, 2.75) is 58.4 Å². The summed E-state index contributed by atoms with van der Waals surface area (Å²) in [5.74, 6) is 1.25. The standard InChI is InChI=1S/C14H24N4O2/c1-4-6-12-13(18(19)20)14(17(3)16-12)15-11-8-5-7-10(2)9-11/h10-11,15H,4-9H2,1-3H3. The van der Waals surface area contributed by atoms with E-state index in [1.807, 2.05) is 6.92 Å². The maximum Gasteiger partial charge on any atom is 0.333 e. The van der Waals surface area contributed by atoms with E-state index in [1.165, 1.54) is 12.8 Å². The maximum atomic E-state index is 11.3. The highest BCUT2D eigenvalue weighted by atomic mass is 16.6. The number of aryl methyl sites for hydroxylation is 2. The number of hydrogen-bond acceptors (Lipinski definition) is 4. The van der Waals surface area contributed by atoms with Crippen LogP contribution in [0.5, 0.6) is 0 Å². The molecule has 6 nitrogen and oxygen atoms in total. The molecule has 1 heterocycles. The molecule has 2 atom stereocenters. The Morgan fingerprint density at radius 3 is 2.85 bits per heavy atom. The average molecular weight is 280 g/mol. The maximum absolute atomic E-state index is 11.3. The molecule has 1 aromatic rings. The van der Waals surface area contributed by atoms with Crippen LogP contribution < -0.4 is 5.32 Å². The van der Waals surface area contributed by atoms with Gasteiger partial charge in [0.15, 0.2) is 0 Å². The molecule has 1 aliphatic carbocycles. The van der Waals surface area contributed by atoms with Gasteiger partial charge in [-0.3, -0.25) is 10.1 Å². The molecule has 1 fully saturated rings. The van der Waals surface area contributed by atoms with Crippen molar-refractivity contribution in [3.05, 3.63) is 15.8 Å². The number of nitrogens with zero attached hydrogens (tertiary/aromatic N) is 3. The molecule has 0 spiro atoms. The van der Waals surface area contributed by atoms with Crippen LogP contribution >= 0.6 is 0 Å². The minimum Gasteiger partial charge on any atom is -0.362 e. The Bertz CT molecular complexity index is 484. The van der Waals surface area contributed by atoms with Crippen LogP contribution in [0.1, 0.15) is 51.6 Å². The Balaban J connectivity index is 2.23. The molecule has 1 aliphatic rings. The van der Waals surface area contributed by atoms with Gasteiger partial charge in [-0.25, -0.2) is 4.68 Å². The zero-order chi connectivity index (χ0) is 14.7. The number of nitrogens with one attached hydrogen (secondary N) is 1. The number of aromatic nitrogens is 2. The van der Waals surface area contributed by atoms with Crippen molar-refractivity contribution in [3.63, 3.8) is 0 Å². The Morgan fingerprint density at radius 1 is 1.50 bits per heavy atom. The fourth-order valence-corrected chi connectivity index (χ4v) is 3.09. The van der Waals surface area contributed by atoms with Gasteiger partial charge in [0.25, 0.3) is 0 Å². The first kappa shape index (κ1) is 14.8. The van der Waals surface area contributed by atoms with Gasteiger partial charge in [0, 0.05) is 13.1 Å². The Labute approximate surface area is 119 Å². The van der Waals surface area contributed by atoms with Crippen molar-refractivity contribution in [1.82, 2.24) is 9.78 Å². The normalized spacial score (nSPS) is 22.8. The Morgan fingerprint density at radius 2 is 2.25 bits per heavy atom. The van der Waals surface area contributed by atoms with Crippen LogP contribution in [0.15, 0.2) is 0 Å². The highest BCUT2D eigenvalue weighted by molar-refractivity contribution is 5.60. The van der Waals surface area contributed by atoms with Crippen molar-refractivity contribution in [2.24, 2.45) is 13.0 Å². The highest BCUT2D eigenvalue weighted by Crippen LogP contribution is 2.32. The van der Waals surface area contributed by atoms with E-state index >= 15 is 0 Å². The molecule has 0 aliphatic heterocycles. The SMILES string of the molecule is CCCc1nn(C)c(NC2CCCC(C)C2)c1[N+](=O)[O-]. The minimum atomic E-state index is -0.299. The van der Waals surface area contributed by atoms with Crippen molar-refractivity contribution >= 4 is 11.5 Å². The van der Waals surface area contributed by atoms with Gasteiger partial charge >= 0.3 is 5.69 Å². The molecule has 0 radical (unpaired) electrons. The largest absolute Gasteiger partial charge is 0.362 e. The van der Waals surface area contributed by atoms with E-state index in [4.69, 9.17) is 0 Å². The lowest BCUT2D eigenvalue weighted by molar-refractivity contribution is -0.384. The summed E-state index contributed by atoms with van der Waals surface area (Å²) in [6, 6.07) is 0.322. The van der Waals surface area contributed by atoms with Crippen molar-refractivity contribution in [1.29, 1.82) is 0 Å². The zero-order valence-electron chi connectivity index (χ0n) is 12.6. The molecule has 1 aromatic heterocycles. The molecule has 112 valence electrons. The van der Waals surface area contributed by atoms with Gasteiger partial charge in [-0.2, -0.15) is 5.10 Å². The van der Waals surface area contributed by atoms with Crippen LogP contribution in [-0.4, -0.2) is 20.7 Å². The molecular formula is C14H24N4O2. The molecule has 1 N–H and O–H groups in total. The van der Waals surface area contributed by atoms with Crippen LogP contribution in [-0.2, 0) is 13.5 Å². The van der Waals surface area contributed by atoms with E-state index in [2.05, 4.69) is 17.3 Å². The van der Waals surface area contributed by atoms with Gasteiger partial charge in [-0.1, -0.05) is 33.1 Å². The summed E-state index contributed by atoms with van der Waals surface area (Å²) in [7, 11) is 1.78. The number of anilines is 1. The first-order valence-electron chi connectivity index (χ1n) is 7.49. The molecule has 0 bridgehead atoms. The van der Waals surface area contributed by atoms with Gasteiger partial charge < -0.3 is 5.32 Å². The van der Waals surface area contributed by atoms with E-state index in [0.29, 0.717) is 29.9 Å². The van der Waals surface area contributed by atoms with Crippen LogP contribution in [0.2, 0.25) is 0 Å². The fraction of sp³-hybridized carbons (Fsp3) is 0.786. The molecule has 0 aromatic carbocycles. The van der Waals surface area contributed by atoms with E-state index in [-0.39, 0.29) is 10.6 Å². The third kappa shape index (κ3) is 3.11. The van der Waals surface area contributed by atoms with E-state index in [1.54, 1.807) is 11.7 Å². The van der Waals surface area contributed by atoms with Crippen LogP contribution in [0.3, 0.4) is 0 Å². The summed E-state index contributed by atoms with van der Waals surface area (Å²) in [5, 5.41) is 19.0. The van der Waals surface area contributed by atoms with Crippen LogP contribution in [0.25, 0.3) is 0 Å². The molecule has 1 saturated carbocycles. The summed E-state index contributed by atoms with van der Waals surface area (Å²) >= 11 is 0. The Hall–Kier alpha value is -1.59. The van der Waals surface area contributed by atoms with Gasteiger partial charge in [0.1, 0.15) is 5.69 Å². The van der Waals surface area contributed by atoms with Crippen molar-refractivity contribution < 1.29 is 4.92 Å². The monoisotopic (exact) mass is 280 g/mol. The first-order chi connectivity index (χ1) is 9.52. The molecule has 6 heteroatoms. The second kappa shape index (κ2) is 6.24. The second-order valence-corrected chi connectivity index (χ2v) is 5.89. The van der Waals surface area contributed by atoms with E-state index in [0.717, 1.165) is 19.3 Å². The van der Waals surface area contributed by atoms with Crippen LogP contribution in [0, 0.1) is 16.0 Å². The average Bonchev–Trinajstić information content (AvgIpc) is 2.66. The van der Waals surface area contributed by atoms with Gasteiger partial charge in [0.05, 0.1) is 4.92 Å². The molecule has 20 heavy (non-hydrogen) atoms. The molecule has 2 rings (SSSR count). The molecular weight excluding hydrogens is 256 g/mol. The topological polar surface area (TPSA) is 73.0 Å². The van der Waals surface area contributed by atoms with Gasteiger partial charge in [-0.15, -0.1) is 0 Å². The number of nitro groups is 1. The summed E-state index contributed by atoms with van der Waals surface area (Å²) in [6.45, 7) is 4.25. The third-order valence-corrected chi connectivity index (χ3v) is 4.04. The predicted molar refractivity (Wildman–Crippen MR) is 78.9 cm³/mol. The Kier molecular flexibility index (Phi) is 4.62. The minimum absolute atomic E-state index is 0.160. The lowest BCUT2D eigenvalue weighted by Gasteiger charge is -2.27. The lowest BCUT2D eigenvalue weighted by atomic mass is 9.87. The lowest BCUT2D eigenvalue weighted by Crippen LogP contribution is -2.27. The van der Waals surface area contributed by atoms with Crippen molar-refractivity contribution in [3.8, 4) is 0 Å². The predicted octanol–water partition coefficient (Wildman–Crippen LogP) is 3.27. The second-order valence-electron chi connectivity index (χ2n) is 5.89. The number of rotatable bonds is 5. The molecule has 0 saturated heterocycles. The summed E-state index contributed by atoms with van der Waals surface area (Å²) in [6.07, 6.45) is 6.10.